The van der Waals surface area contributed by atoms with Crippen molar-refractivity contribution in [1.29, 1.82) is 0 Å². The van der Waals surface area contributed by atoms with Crippen molar-refractivity contribution in [2.75, 3.05) is 5.32 Å². The average molecular weight is 238 g/mol. The van der Waals surface area contributed by atoms with Crippen LogP contribution in [0.5, 0.6) is 0 Å². The summed E-state index contributed by atoms with van der Waals surface area (Å²) < 4.78 is 0. The minimum atomic E-state index is 0.105. The minimum Gasteiger partial charge on any atom is -0.360 e. The first kappa shape index (κ1) is 10.8. The van der Waals surface area contributed by atoms with Crippen molar-refractivity contribution in [3.05, 3.63) is 54.6 Å². The fourth-order valence-corrected chi connectivity index (χ4v) is 1.95. The molecule has 0 aliphatic carbocycles. The number of fused-ring (bicyclic) bond motifs is 1. The van der Waals surface area contributed by atoms with Crippen molar-refractivity contribution >= 4 is 16.7 Å². The molecule has 3 rings (SSSR count). The molecule has 2 aromatic heterocycles. The predicted octanol–water partition coefficient (Wildman–Crippen LogP) is 3.13. The van der Waals surface area contributed by atoms with E-state index in [1.54, 1.807) is 6.20 Å². The summed E-state index contributed by atoms with van der Waals surface area (Å²) in [5.74, 6) is 1.77. The zero-order valence-corrected chi connectivity index (χ0v) is 10.1. The van der Waals surface area contributed by atoms with E-state index in [1.165, 1.54) is 0 Å². The van der Waals surface area contributed by atoms with Gasteiger partial charge in [0.1, 0.15) is 11.6 Å². The molecule has 1 aromatic carbocycles. The number of anilines is 1. The molecule has 18 heavy (non-hydrogen) atoms. The third-order valence-electron chi connectivity index (χ3n) is 2.89. The highest BCUT2D eigenvalue weighted by Gasteiger charge is 2.07. The summed E-state index contributed by atoms with van der Waals surface area (Å²) >= 11 is 0. The molecule has 0 saturated carbocycles. The fourth-order valence-electron chi connectivity index (χ4n) is 1.95. The largest absolute Gasteiger partial charge is 0.360 e. The van der Waals surface area contributed by atoms with Gasteiger partial charge in [-0.15, -0.1) is 0 Å². The number of para-hydroxylation sites is 1. The number of nitrogens with one attached hydrogen (secondary N) is 2. The van der Waals surface area contributed by atoms with E-state index in [0.29, 0.717) is 0 Å². The summed E-state index contributed by atoms with van der Waals surface area (Å²) in [5, 5.41) is 4.48. The van der Waals surface area contributed by atoms with Crippen LogP contribution in [0.4, 0.5) is 5.82 Å². The fraction of sp³-hybridized carbons (Fsp3) is 0.143. The number of hydrogen-bond donors (Lipinski definition) is 2. The van der Waals surface area contributed by atoms with Gasteiger partial charge in [0, 0.05) is 17.8 Å². The van der Waals surface area contributed by atoms with Gasteiger partial charge in [-0.2, -0.15) is 0 Å². The Balaban J connectivity index is 1.86. The van der Waals surface area contributed by atoms with Crippen LogP contribution in [0.3, 0.4) is 0 Å². The predicted molar refractivity (Wildman–Crippen MR) is 72.4 cm³/mol. The van der Waals surface area contributed by atoms with Gasteiger partial charge >= 0.3 is 0 Å². The second-order valence-corrected chi connectivity index (χ2v) is 4.23. The van der Waals surface area contributed by atoms with Gasteiger partial charge in [0.25, 0.3) is 0 Å². The summed E-state index contributed by atoms with van der Waals surface area (Å²) in [6, 6.07) is 12.2. The lowest BCUT2D eigenvalue weighted by molar-refractivity contribution is 0.805. The molecule has 0 spiro atoms. The second kappa shape index (κ2) is 4.49. The van der Waals surface area contributed by atoms with Gasteiger partial charge in [-0.3, -0.25) is 0 Å². The Kier molecular flexibility index (Phi) is 2.68. The van der Waals surface area contributed by atoms with Gasteiger partial charge in [0.05, 0.1) is 11.6 Å². The average Bonchev–Trinajstić information content (AvgIpc) is 2.92. The number of pyridine rings is 1. The van der Waals surface area contributed by atoms with Gasteiger partial charge in [-0.05, 0) is 25.1 Å². The zero-order valence-electron chi connectivity index (χ0n) is 10.1. The number of nitrogens with zero attached hydrogens (tertiary/aromatic N) is 2. The molecular weight excluding hydrogens is 224 g/mol. The Morgan fingerprint density at radius 2 is 2.06 bits per heavy atom. The molecule has 0 saturated heterocycles. The normalized spacial score (nSPS) is 12.5. The smallest absolute Gasteiger partial charge is 0.128 e. The van der Waals surface area contributed by atoms with Crippen LogP contribution in [0.15, 0.2) is 48.8 Å². The number of H-pyrrole nitrogens is 1. The van der Waals surface area contributed by atoms with Crippen LogP contribution in [0, 0.1) is 0 Å². The number of imidazole rings is 1. The number of rotatable bonds is 3. The van der Waals surface area contributed by atoms with Crippen LogP contribution in [0.1, 0.15) is 18.8 Å². The molecular formula is C14H14N4. The van der Waals surface area contributed by atoms with E-state index in [0.717, 1.165) is 22.5 Å². The van der Waals surface area contributed by atoms with E-state index in [4.69, 9.17) is 0 Å². The molecule has 0 fully saturated rings. The van der Waals surface area contributed by atoms with E-state index >= 15 is 0 Å². The molecule has 0 bridgehead atoms. The standard InChI is InChI=1S/C14H14N4/c1-10(14-15-8-9-16-14)17-13-7-6-11-4-2-3-5-12(11)18-13/h2-10H,1H3,(H,15,16)(H,17,18). The van der Waals surface area contributed by atoms with Gasteiger partial charge < -0.3 is 10.3 Å². The molecule has 0 amide bonds. The summed E-state index contributed by atoms with van der Waals surface area (Å²) in [7, 11) is 0. The highest BCUT2D eigenvalue weighted by atomic mass is 15.1. The molecule has 4 nitrogen and oxygen atoms in total. The van der Waals surface area contributed by atoms with Crippen molar-refractivity contribution < 1.29 is 0 Å². The van der Waals surface area contributed by atoms with Crippen molar-refractivity contribution in [2.45, 2.75) is 13.0 Å². The number of aromatic nitrogens is 3. The van der Waals surface area contributed by atoms with Gasteiger partial charge in [0.2, 0.25) is 0 Å². The van der Waals surface area contributed by atoms with E-state index in [2.05, 4.69) is 39.3 Å². The van der Waals surface area contributed by atoms with Crippen molar-refractivity contribution in [1.82, 2.24) is 15.0 Å². The Labute approximate surface area is 105 Å². The van der Waals surface area contributed by atoms with Crippen LogP contribution in [-0.2, 0) is 0 Å². The lowest BCUT2D eigenvalue weighted by Crippen LogP contribution is -2.09. The molecule has 0 aliphatic heterocycles. The first-order chi connectivity index (χ1) is 8.83. The van der Waals surface area contributed by atoms with Crippen molar-refractivity contribution in [3.63, 3.8) is 0 Å². The first-order valence-electron chi connectivity index (χ1n) is 5.94. The molecule has 4 heteroatoms. The molecule has 3 aromatic rings. The third kappa shape index (κ3) is 2.05. The Bertz CT molecular complexity index is 646. The topological polar surface area (TPSA) is 53.6 Å². The Morgan fingerprint density at radius 3 is 2.89 bits per heavy atom. The molecule has 0 radical (unpaired) electrons. The van der Waals surface area contributed by atoms with Crippen molar-refractivity contribution in [2.24, 2.45) is 0 Å². The molecule has 0 aliphatic rings. The number of benzene rings is 1. The zero-order chi connectivity index (χ0) is 12.4. The monoisotopic (exact) mass is 238 g/mol. The molecule has 1 atom stereocenters. The van der Waals surface area contributed by atoms with E-state index < -0.39 is 0 Å². The van der Waals surface area contributed by atoms with Crippen LogP contribution >= 0.6 is 0 Å². The van der Waals surface area contributed by atoms with E-state index in [1.807, 2.05) is 30.5 Å². The van der Waals surface area contributed by atoms with Crippen LogP contribution in [-0.4, -0.2) is 15.0 Å². The van der Waals surface area contributed by atoms with Gasteiger partial charge in [-0.1, -0.05) is 18.2 Å². The molecule has 2 N–H and O–H groups in total. The molecule has 1 unspecified atom stereocenters. The van der Waals surface area contributed by atoms with Gasteiger partial charge in [0.15, 0.2) is 0 Å². The first-order valence-corrected chi connectivity index (χ1v) is 5.94. The van der Waals surface area contributed by atoms with E-state index in [9.17, 15) is 0 Å². The maximum atomic E-state index is 4.57. The maximum Gasteiger partial charge on any atom is 0.128 e. The maximum absolute atomic E-state index is 4.57. The van der Waals surface area contributed by atoms with Crippen molar-refractivity contribution in [3.8, 4) is 0 Å². The lowest BCUT2D eigenvalue weighted by atomic mass is 10.2. The summed E-state index contributed by atoms with van der Waals surface area (Å²) in [6.07, 6.45) is 3.57. The van der Waals surface area contributed by atoms with Crippen LogP contribution < -0.4 is 5.32 Å². The highest BCUT2D eigenvalue weighted by Crippen LogP contribution is 2.18. The number of hydrogen-bond acceptors (Lipinski definition) is 3. The Morgan fingerprint density at radius 1 is 1.17 bits per heavy atom. The second-order valence-electron chi connectivity index (χ2n) is 4.23. The van der Waals surface area contributed by atoms with Crippen LogP contribution in [0.2, 0.25) is 0 Å². The summed E-state index contributed by atoms with van der Waals surface area (Å²) in [5.41, 5.74) is 0.995. The highest BCUT2D eigenvalue weighted by molar-refractivity contribution is 5.80. The third-order valence-corrected chi connectivity index (χ3v) is 2.89. The van der Waals surface area contributed by atoms with E-state index in [-0.39, 0.29) is 6.04 Å². The summed E-state index contributed by atoms with van der Waals surface area (Å²) in [6.45, 7) is 2.05. The number of aromatic amines is 1. The summed E-state index contributed by atoms with van der Waals surface area (Å²) in [4.78, 5) is 11.9. The SMILES string of the molecule is CC(Nc1ccc2ccccc2n1)c1ncc[nH]1. The van der Waals surface area contributed by atoms with Gasteiger partial charge in [-0.25, -0.2) is 9.97 Å². The molecule has 90 valence electrons. The lowest BCUT2D eigenvalue weighted by Gasteiger charge is -2.12. The quantitative estimate of drug-likeness (QED) is 0.737. The molecule has 2 heterocycles. The minimum absolute atomic E-state index is 0.105. The van der Waals surface area contributed by atoms with Crippen LogP contribution in [0.25, 0.3) is 10.9 Å². The Hall–Kier alpha value is -2.36.